The molecule has 0 aromatic heterocycles. The summed E-state index contributed by atoms with van der Waals surface area (Å²) in [6, 6.07) is 6.41. The Hall–Kier alpha value is -2.71. The second-order valence-electron chi connectivity index (χ2n) is 5.55. The van der Waals surface area contributed by atoms with E-state index in [9.17, 15) is 31.1 Å². The normalized spacial score (nSPS) is 12.0. The number of hydrogen-bond donors (Lipinski definition) is 1. The number of carbonyl (C=O) groups is 1. The molecule has 0 spiro atoms. The Morgan fingerprint density at radius 3 is 2.26 bits per heavy atom. The summed E-state index contributed by atoms with van der Waals surface area (Å²) in [5.74, 6) is -1.26. The number of alkyl halides is 6. The van der Waals surface area contributed by atoms with Crippen molar-refractivity contribution in [2.24, 2.45) is 0 Å². The average molecular weight is 391 g/mol. The van der Waals surface area contributed by atoms with Crippen LogP contribution in [0.3, 0.4) is 0 Å². The minimum atomic E-state index is -4.79. The molecule has 0 aliphatic rings. The van der Waals surface area contributed by atoms with E-state index < -0.39 is 35.0 Å². The molecule has 1 amide bonds. The molecule has 0 saturated heterocycles. The lowest BCUT2D eigenvalue weighted by molar-refractivity contribution is -0.138. The van der Waals surface area contributed by atoms with Gasteiger partial charge in [-0.05, 0) is 36.8 Å². The van der Waals surface area contributed by atoms with Crippen molar-refractivity contribution in [3.05, 3.63) is 59.2 Å². The van der Waals surface area contributed by atoms with E-state index in [4.69, 9.17) is 4.74 Å². The van der Waals surface area contributed by atoms with E-state index in [1.165, 1.54) is 6.07 Å². The average Bonchev–Trinajstić information content (AvgIpc) is 2.59. The van der Waals surface area contributed by atoms with Crippen molar-refractivity contribution in [2.45, 2.75) is 25.7 Å². The van der Waals surface area contributed by atoms with Crippen molar-refractivity contribution >= 4 is 11.6 Å². The number of carbonyl (C=O) groups excluding carboxylic acids is 1. The summed E-state index contributed by atoms with van der Waals surface area (Å²) >= 11 is 0. The maximum absolute atomic E-state index is 13.1. The maximum atomic E-state index is 13.1. The molecule has 0 aliphatic carbocycles. The smallest absolute Gasteiger partial charge is 0.417 e. The first-order valence-electron chi connectivity index (χ1n) is 7.85. The molecule has 0 aliphatic heterocycles. The topological polar surface area (TPSA) is 38.3 Å². The third kappa shape index (κ3) is 5.15. The zero-order valence-electron chi connectivity index (χ0n) is 14.0. The molecule has 1 N–H and O–H groups in total. The molecule has 2 aromatic carbocycles. The molecule has 146 valence electrons. The molecule has 0 fully saturated rings. The van der Waals surface area contributed by atoms with Crippen molar-refractivity contribution in [2.75, 3.05) is 11.9 Å². The predicted molar refractivity (Wildman–Crippen MR) is 86.6 cm³/mol. The first kappa shape index (κ1) is 20.6. The van der Waals surface area contributed by atoms with Gasteiger partial charge < -0.3 is 10.1 Å². The third-order valence-electron chi connectivity index (χ3n) is 3.49. The second kappa shape index (κ2) is 7.89. The van der Waals surface area contributed by atoms with E-state index in [0.29, 0.717) is 12.5 Å². The molecule has 2 rings (SSSR count). The highest BCUT2D eigenvalue weighted by molar-refractivity contribution is 6.06. The summed E-state index contributed by atoms with van der Waals surface area (Å²) in [6.07, 6.45) is -8.93. The summed E-state index contributed by atoms with van der Waals surface area (Å²) in [6.45, 7) is 1.93. The highest BCUT2D eigenvalue weighted by Gasteiger charge is 2.35. The highest BCUT2D eigenvalue weighted by atomic mass is 19.4. The van der Waals surface area contributed by atoms with Crippen molar-refractivity contribution < 1.29 is 35.9 Å². The molecule has 2 aromatic rings. The van der Waals surface area contributed by atoms with Crippen LogP contribution in [0.2, 0.25) is 0 Å². The van der Waals surface area contributed by atoms with Gasteiger partial charge in [0.25, 0.3) is 5.91 Å². The predicted octanol–water partition coefficient (Wildman–Crippen LogP) is 5.77. The first-order chi connectivity index (χ1) is 12.5. The van der Waals surface area contributed by atoms with Crippen LogP contribution in [-0.2, 0) is 12.4 Å². The lowest BCUT2D eigenvalue weighted by Gasteiger charge is -2.16. The molecule has 3 nitrogen and oxygen atoms in total. The molecule has 0 bridgehead atoms. The van der Waals surface area contributed by atoms with Crippen LogP contribution in [0, 0.1) is 0 Å². The Balaban J connectivity index is 2.42. The Labute approximate surface area is 150 Å². The number of rotatable bonds is 5. The van der Waals surface area contributed by atoms with E-state index in [0.717, 1.165) is 30.3 Å². The summed E-state index contributed by atoms with van der Waals surface area (Å²) in [7, 11) is 0. The molecule has 0 saturated carbocycles. The van der Waals surface area contributed by atoms with Crippen molar-refractivity contribution in [1.82, 2.24) is 0 Å². The maximum Gasteiger partial charge on any atom is 0.417 e. The van der Waals surface area contributed by atoms with Gasteiger partial charge in [0.15, 0.2) is 0 Å². The molecule has 0 unspecified atom stereocenters. The van der Waals surface area contributed by atoms with Crippen LogP contribution >= 0.6 is 0 Å². The second-order valence-corrected chi connectivity index (χ2v) is 5.55. The molecule has 0 heterocycles. The van der Waals surface area contributed by atoms with Gasteiger partial charge in [0.1, 0.15) is 5.75 Å². The van der Waals surface area contributed by atoms with Gasteiger partial charge in [0.05, 0.1) is 29.0 Å². The Kier molecular flexibility index (Phi) is 6.02. The largest absolute Gasteiger partial charge is 0.491 e. The fraction of sp³-hybridized carbons (Fsp3) is 0.278. The molecule has 27 heavy (non-hydrogen) atoms. The number of halogens is 6. The van der Waals surface area contributed by atoms with Gasteiger partial charge in [0, 0.05) is 0 Å². The number of amides is 1. The summed E-state index contributed by atoms with van der Waals surface area (Å²) < 4.78 is 83.3. The van der Waals surface area contributed by atoms with Gasteiger partial charge in [-0.2, -0.15) is 26.3 Å². The van der Waals surface area contributed by atoms with Gasteiger partial charge >= 0.3 is 12.4 Å². The zero-order chi connectivity index (χ0) is 20.2. The zero-order valence-corrected chi connectivity index (χ0v) is 14.0. The van der Waals surface area contributed by atoms with Gasteiger partial charge in [0.2, 0.25) is 0 Å². The van der Waals surface area contributed by atoms with E-state index in [-0.39, 0.29) is 18.0 Å². The minimum absolute atomic E-state index is 0.0670. The third-order valence-corrected chi connectivity index (χ3v) is 3.49. The Morgan fingerprint density at radius 1 is 1.00 bits per heavy atom. The summed E-state index contributed by atoms with van der Waals surface area (Å²) in [5.41, 5.74) is -3.32. The van der Waals surface area contributed by atoms with Gasteiger partial charge in [-0.3, -0.25) is 4.79 Å². The Bertz CT molecular complexity index is 814. The lowest BCUT2D eigenvalue weighted by atomic mass is 10.1. The van der Waals surface area contributed by atoms with Crippen LogP contribution in [0.1, 0.15) is 34.8 Å². The Morgan fingerprint density at radius 2 is 1.67 bits per heavy atom. The lowest BCUT2D eigenvalue weighted by Crippen LogP contribution is -2.19. The van der Waals surface area contributed by atoms with E-state index in [1.54, 1.807) is 6.92 Å². The first-order valence-corrected chi connectivity index (χ1v) is 7.85. The SMILES string of the molecule is CCCOc1ccc(C(F)(F)F)cc1NC(=O)c1ccccc1C(F)(F)F. The van der Waals surface area contributed by atoms with E-state index >= 15 is 0 Å². The highest BCUT2D eigenvalue weighted by Crippen LogP contribution is 2.36. The van der Waals surface area contributed by atoms with Crippen molar-refractivity contribution in [1.29, 1.82) is 0 Å². The monoisotopic (exact) mass is 391 g/mol. The van der Waals surface area contributed by atoms with Crippen LogP contribution in [0.4, 0.5) is 32.0 Å². The number of ether oxygens (including phenoxy) is 1. The number of anilines is 1. The van der Waals surface area contributed by atoms with Crippen LogP contribution in [-0.4, -0.2) is 12.5 Å². The quantitative estimate of drug-likeness (QED) is 0.658. The van der Waals surface area contributed by atoms with E-state index in [1.807, 2.05) is 0 Å². The van der Waals surface area contributed by atoms with Crippen LogP contribution in [0.5, 0.6) is 5.75 Å². The molecular formula is C18H15F6NO2. The van der Waals surface area contributed by atoms with E-state index in [2.05, 4.69) is 5.32 Å². The number of benzene rings is 2. The van der Waals surface area contributed by atoms with Crippen LogP contribution in [0.15, 0.2) is 42.5 Å². The van der Waals surface area contributed by atoms with Gasteiger partial charge in [-0.15, -0.1) is 0 Å². The fourth-order valence-electron chi connectivity index (χ4n) is 2.26. The molecular weight excluding hydrogens is 376 g/mol. The minimum Gasteiger partial charge on any atom is -0.491 e. The summed E-state index contributed by atoms with van der Waals surface area (Å²) in [5, 5.41) is 2.10. The number of nitrogens with one attached hydrogen (secondary N) is 1. The fourth-order valence-corrected chi connectivity index (χ4v) is 2.26. The van der Waals surface area contributed by atoms with Gasteiger partial charge in [-0.1, -0.05) is 19.1 Å². The summed E-state index contributed by atoms with van der Waals surface area (Å²) in [4.78, 5) is 12.3. The molecule has 0 atom stereocenters. The molecule has 9 heteroatoms. The number of hydrogen-bond acceptors (Lipinski definition) is 2. The van der Waals surface area contributed by atoms with Crippen LogP contribution in [0.25, 0.3) is 0 Å². The van der Waals surface area contributed by atoms with Crippen molar-refractivity contribution in [3.8, 4) is 5.75 Å². The van der Waals surface area contributed by atoms with Crippen molar-refractivity contribution in [3.63, 3.8) is 0 Å². The molecule has 0 radical (unpaired) electrons. The standard InChI is InChI=1S/C18H15F6NO2/c1-2-9-27-15-8-7-11(17(19,20)21)10-14(15)25-16(26)12-5-3-4-6-13(12)18(22,23)24/h3-8,10H,2,9H2,1H3,(H,25,26). The van der Waals surface area contributed by atoms with Gasteiger partial charge in [-0.25, -0.2) is 0 Å². The van der Waals surface area contributed by atoms with Crippen LogP contribution < -0.4 is 10.1 Å².